The molecule has 0 N–H and O–H groups in total. The third kappa shape index (κ3) is 4.98. The van der Waals surface area contributed by atoms with Gasteiger partial charge in [-0.2, -0.15) is 0 Å². The van der Waals surface area contributed by atoms with Gasteiger partial charge in [-0.05, 0) is 37.1 Å². The zero-order valence-corrected chi connectivity index (χ0v) is 16.6. The second-order valence-electron chi connectivity index (χ2n) is 5.36. The van der Waals surface area contributed by atoms with Gasteiger partial charge in [0.2, 0.25) is 0 Å². The maximum Gasteiger partial charge on any atom is 0.305 e. The average Bonchev–Trinajstić information content (AvgIpc) is 2.89. The van der Waals surface area contributed by atoms with Crippen LogP contribution in [0, 0.1) is 0 Å². The number of benzene rings is 1. The van der Waals surface area contributed by atoms with Gasteiger partial charge in [0.05, 0.1) is 25.7 Å². The molecule has 1 saturated heterocycles. The summed E-state index contributed by atoms with van der Waals surface area (Å²) >= 11 is 6.55. The van der Waals surface area contributed by atoms with Crippen molar-refractivity contribution in [1.29, 1.82) is 0 Å². The lowest BCUT2D eigenvalue weighted by atomic mass is 10.2. The fourth-order valence-corrected chi connectivity index (χ4v) is 3.71. The standard InChI is InChI=1S/C18H21NO5S2/c1-4-24-16(20)6-5-9-19-17(21)15(26-18(19)25)11-12-7-8-13(22-2)14(10-12)23-3/h7-8,10-11H,4-6,9H2,1-3H3. The van der Waals surface area contributed by atoms with E-state index in [4.69, 9.17) is 26.4 Å². The molecule has 140 valence electrons. The van der Waals surface area contributed by atoms with Gasteiger partial charge in [0.25, 0.3) is 5.91 Å². The van der Waals surface area contributed by atoms with Crippen LogP contribution >= 0.6 is 24.0 Å². The number of methoxy groups -OCH3 is 2. The Morgan fingerprint density at radius 3 is 2.65 bits per heavy atom. The lowest BCUT2D eigenvalue weighted by Gasteiger charge is -2.13. The third-order valence-corrected chi connectivity index (χ3v) is 5.02. The molecule has 6 nitrogen and oxygen atoms in total. The summed E-state index contributed by atoms with van der Waals surface area (Å²) in [7, 11) is 3.13. The van der Waals surface area contributed by atoms with Crippen LogP contribution in [0.5, 0.6) is 11.5 Å². The number of carbonyl (C=O) groups is 2. The van der Waals surface area contributed by atoms with Crippen molar-refractivity contribution in [2.45, 2.75) is 19.8 Å². The summed E-state index contributed by atoms with van der Waals surface area (Å²) in [4.78, 5) is 26.0. The highest BCUT2D eigenvalue weighted by Gasteiger charge is 2.31. The summed E-state index contributed by atoms with van der Waals surface area (Å²) in [6.45, 7) is 2.51. The molecule has 1 aliphatic heterocycles. The molecule has 1 aromatic carbocycles. The van der Waals surface area contributed by atoms with Gasteiger partial charge in [0.15, 0.2) is 11.5 Å². The number of hydrogen-bond acceptors (Lipinski definition) is 7. The molecule has 0 atom stereocenters. The Hall–Kier alpha value is -2.06. The maximum atomic E-state index is 12.6. The summed E-state index contributed by atoms with van der Waals surface area (Å²) < 4.78 is 15.9. The highest BCUT2D eigenvalue weighted by Crippen LogP contribution is 2.34. The van der Waals surface area contributed by atoms with E-state index in [0.717, 1.165) is 5.56 Å². The molecule has 0 bridgehead atoms. The molecule has 26 heavy (non-hydrogen) atoms. The van der Waals surface area contributed by atoms with Crippen LogP contribution in [0.1, 0.15) is 25.3 Å². The Labute approximate surface area is 162 Å². The summed E-state index contributed by atoms with van der Waals surface area (Å²) in [5, 5.41) is 0. The minimum atomic E-state index is -0.265. The summed E-state index contributed by atoms with van der Waals surface area (Å²) in [6, 6.07) is 5.42. The fourth-order valence-electron chi connectivity index (χ4n) is 2.40. The van der Waals surface area contributed by atoms with Crippen molar-refractivity contribution < 1.29 is 23.8 Å². The van der Waals surface area contributed by atoms with Crippen molar-refractivity contribution in [1.82, 2.24) is 4.90 Å². The van der Waals surface area contributed by atoms with Crippen LogP contribution in [0.25, 0.3) is 6.08 Å². The molecule has 0 aliphatic carbocycles. The zero-order valence-electron chi connectivity index (χ0n) is 14.9. The van der Waals surface area contributed by atoms with E-state index in [2.05, 4.69) is 0 Å². The first-order valence-corrected chi connectivity index (χ1v) is 9.35. The molecule has 0 spiro atoms. The maximum absolute atomic E-state index is 12.6. The Bertz CT molecular complexity index is 732. The van der Waals surface area contributed by atoms with E-state index in [0.29, 0.717) is 40.3 Å². The lowest BCUT2D eigenvalue weighted by molar-refractivity contribution is -0.143. The number of thiocarbonyl (C=S) groups is 1. The van der Waals surface area contributed by atoms with Crippen LogP contribution < -0.4 is 9.47 Å². The normalized spacial score (nSPS) is 15.5. The molecular formula is C18H21NO5S2. The summed E-state index contributed by atoms with van der Waals surface area (Å²) in [5.74, 6) is 0.791. The lowest BCUT2D eigenvalue weighted by Crippen LogP contribution is -2.29. The van der Waals surface area contributed by atoms with Crippen LogP contribution in [0.15, 0.2) is 23.1 Å². The molecule has 0 aromatic heterocycles. The van der Waals surface area contributed by atoms with Gasteiger partial charge in [0.1, 0.15) is 4.32 Å². The van der Waals surface area contributed by atoms with Gasteiger partial charge in [-0.15, -0.1) is 0 Å². The smallest absolute Gasteiger partial charge is 0.305 e. The third-order valence-electron chi connectivity index (χ3n) is 3.65. The quantitative estimate of drug-likeness (QED) is 0.380. The van der Waals surface area contributed by atoms with Gasteiger partial charge >= 0.3 is 5.97 Å². The van der Waals surface area contributed by atoms with E-state index in [1.807, 2.05) is 6.07 Å². The first-order chi connectivity index (χ1) is 12.5. The molecular weight excluding hydrogens is 374 g/mol. The van der Waals surface area contributed by atoms with Gasteiger partial charge in [0, 0.05) is 13.0 Å². The molecule has 0 saturated carbocycles. The number of rotatable bonds is 8. The highest BCUT2D eigenvalue weighted by atomic mass is 32.2. The monoisotopic (exact) mass is 395 g/mol. The van der Waals surface area contributed by atoms with Crippen LogP contribution in [-0.4, -0.2) is 48.5 Å². The predicted octanol–water partition coefficient (Wildman–Crippen LogP) is 3.25. The molecule has 1 amide bonds. The molecule has 2 rings (SSSR count). The van der Waals surface area contributed by atoms with Gasteiger partial charge in [-0.1, -0.05) is 30.0 Å². The van der Waals surface area contributed by atoms with Crippen LogP contribution in [0.2, 0.25) is 0 Å². The zero-order chi connectivity index (χ0) is 19.1. The summed E-state index contributed by atoms with van der Waals surface area (Å²) in [5.41, 5.74) is 0.815. The van der Waals surface area contributed by atoms with Crippen LogP contribution in [0.3, 0.4) is 0 Å². The Morgan fingerprint density at radius 1 is 1.27 bits per heavy atom. The van der Waals surface area contributed by atoms with Crippen molar-refractivity contribution in [3.63, 3.8) is 0 Å². The molecule has 0 radical (unpaired) electrons. The minimum absolute atomic E-state index is 0.154. The van der Waals surface area contributed by atoms with Crippen molar-refractivity contribution in [2.75, 3.05) is 27.4 Å². The van der Waals surface area contributed by atoms with Gasteiger partial charge < -0.3 is 14.2 Å². The van der Waals surface area contributed by atoms with Gasteiger partial charge in [-0.3, -0.25) is 14.5 Å². The number of carbonyl (C=O) groups excluding carboxylic acids is 2. The van der Waals surface area contributed by atoms with Crippen molar-refractivity contribution in [2.24, 2.45) is 0 Å². The Kier molecular flexibility index (Phi) is 7.47. The van der Waals surface area contributed by atoms with Crippen molar-refractivity contribution in [3.05, 3.63) is 28.7 Å². The number of hydrogen-bond donors (Lipinski definition) is 0. The first-order valence-electron chi connectivity index (χ1n) is 8.13. The minimum Gasteiger partial charge on any atom is -0.493 e. The number of nitrogens with zero attached hydrogens (tertiary/aromatic N) is 1. The van der Waals surface area contributed by atoms with E-state index in [1.54, 1.807) is 39.4 Å². The molecule has 0 unspecified atom stereocenters. The first kappa shape index (κ1) is 20.3. The Balaban J connectivity index is 2.05. The average molecular weight is 396 g/mol. The number of thioether (sulfide) groups is 1. The van der Waals surface area contributed by atoms with Crippen molar-refractivity contribution >= 4 is 46.3 Å². The van der Waals surface area contributed by atoms with E-state index in [9.17, 15) is 9.59 Å². The molecule has 1 fully saturated rings. The number of amides is 1. The largest absolute Gasteiger partial charge is 0.493 e. The Morgan fingerprint density at radius 2 is 2.00 bits per heavy atom. The number of ether oxygens (including phenoxy) is 3. The van der Waals surface area contributed by atoms with Crippen LogP contribution in [-0.2, 0) is 14.3 Å². The second kappa shape index (κ2) is 9.59. The fraction of sp³-hybridized carbons (Fsp3) is 0.389. The second-order valence-corrected chi connectivity index (χ2v) is 7.03. The van der Waals surface area contributed by atoms with Crippen LogP contribution in [0.4, 0.5) is 0 Å². The SMILES string of the molecule is CCOC(=O)CCCN1C(=O)C(=Cc2ccc(OC)c(OC)c2)SC1=S. The topological polar surface area (TPSA) is 65.1 Å². The molecule has 8 heteroatoms. The van der Waals surface area contributed by atoms with E-state index < -0.39 is 0 Å². The van der Waals surface area contributed by atoms with E-state index >= 15 is 0 Å². The molecule has 1 heterocycles. The van der Waals surface area contributed by atoms with Crippen molar-refractivity contribution in [3.8, 4) is 11.5 Å². The van der Waals surface area contributed by atoms with E-state index in [-0.39, 0.29) is 18.3 Å². The molecule has 1 aromatic rings. The van der Waals surface area contributed by atoms with E-state index in [1.165, 1.54) is 16.7 Å². The van der Waals surface area contributed by atoms with Gasteiger partial charge in [-0.25, -0.2) is 0 Å². The predicted molar refractivity (Wildman–Crippen MR) is 105 cm³/mol. The number of esters is 1. The summed E-state index contributed by atoms with van der Waals surface area (Å²) in [6.07, 6.45) is 2.54. The highest BCUT2D eigenvalue weighted by molar-refractivity contribution is 8.26. The molecule has 1 aliphatic rings.